The summed E-state index contributed by atoms with van der Waals surface area (Å²) in [5.41, 5.74) is 0. The van der Waals surface area contributed by atoms with Crippen LogP contribution in [0.25, 0.3) is 0 Å². The summed E-state index contributed by atoms with van der Waals surface area (Å²) in [5.74, 6) is 0. The first-order valence-corrected chi connectivity index (χ1v) is 2.47. The van der Waals surface area contributed by atoms with Crippen molar-refractivity contribution in [3.8, 4) is 0 Å². The Kier molecular flexibility index (Phi) is 3.96. The largest absolute Gasteiger partial charge is 0.365 e. The van der Waals surface area contributed by atoms with E-state index < -0.39 is 12.6 Å². The minimum Gasteiger partial charge on any atom is -0.365 e. The molecule has 0 amide bonds. The molecule has 0 rings (SSSR count). The van der Waals surface area contributed by atoms with Crippen molar-refractivity contribution in [3.63, 3.8) is 0 Å². The van der Waals surface area contributed by atoms with Gasteiger partial charge in [-0.2, -0.15) is 0 Å². The van der Waals surface area contributed by atoms with Crippen LogP contribution in [0.2, 0.25) is 0 Å². The standard InChI is InChI=1S/C6H10O3/c1-3-5(7)9-6(8)4-2/h3-8H,1-2H2. The van der Waals surface area contributed by atoms with E-state index in [9.17, 15) is 0 Å². The molecule has 2 N–H and O–H groups in total. The quantitative estimate of drug-likeness (QED) is 0.416. The molecule has 3 nitrogen and oxygen atoms in total. The smallest absolute Gasteiger partial charge is 0.177 e. The van der Waals surface area contributed by atoms with Gasteiger partial charge in [0.1, 0.15) is 0 Å². The fraction of sp³-hybridized carbons (Fsp3) is 0.333. The molecule has 0 radical (unpaired) electrons. The van der Waals surface area contributed by atoms with Crippen molar-refractivity contribution in [3.05, 3.63) is 25.3 Å². The summed E-state index contributed by atoms with van der Waals surface area (Å²) in [4.78, 5) is 0. The van der Waals surface area contributed by atoms with E-state index in [0.29, 0.717) is 0 Å². The van der Waals surface area contributed by atoms with Crippen molar-refractivity contribution in [1.29, 1.82) is 0 Å². The van der Waals surface area contributed by atoms with Gasteiger partial charge in [0.25, 0.3) is 0 Å². The first-order valence-electron chi connectivity index (χ1n) is 2.47. The SMILES string of the molecule is C=CC(O)OC(O)C=C. The van der Waals surface area contributed by atoms with E-state index in [1.54, 1.807) is 0 Å². The number of hydrogen-bond acceptors (Lipinski definition) is 3. The third kappa shape index (κ3) is 3.90. The van der Waals surface area contributed by atoms with E-state index in [-0.39, 0.29) is 0 Å². The molecule has 0 saturated heterocycles. The van der Waals surface area contributed by atoms with Crippen molar-refractivity contribution in [2.24, 2.45) is 0 Å². The molecule has 0 fully saturated rings. The van der Waals surface area contributed by atoms with Crippen molar-refractivity contribution in [2.45, 2.75) is 12.6 Å². The first-order chi connectivity index (χ1) is 4.20. The fourth-order valence-electron chi connectivity index (χ4n) is 0.254. The van der Waals surface area contributed by atoms with Gasteiger partial charge in [0.15, 0.2) is 12.6 Å². The van der Waals surface area contributed by atoms with Crippen LogP contribution in [0.4, 0.5) is 0 Å². The molecule has 0 aliphatic rings. The molecule has 0 aliphatic carbocycles. The highest BCUT2D eigenvalue weighted by Crippen LogP contribution is 1.93. The topological polar surface area (TPSA) is 49.7 Å². The molecular formula is C6H10O3. The van der Waals surface area contributed by atoms with E-state index >= 15 is 0 Å². The van der Waals surface area contributed by atoms with Gasteiger partial charge in [-0.1, -0.05) is 13.2 Å². The molecule has 2 unspecified atom stereocenters. The molecule has 0 saturated carbocycles. The molecule has 0 spiro atoms. The minimum absolute atomic E-state index is 1.13. The van der Waals surface area contributed by atoms with Crippen molar-refractivity contribution in [1.82, 2.24) is 0 Å². The zero-order valence-electron chi connectivity index (χ0n) is 5.03. The van der Waals surface area contributed by atoms with E-state index in [1.807, 2.05) is 0 Å². The second-order valence-corrected chi connectivity index (χ2v) is 1.39. The summed E-state index contributed by atoms with van der Waals surface area (Å²) in [6.45, 7) is 6.46. The van der Waals surface area contributed by atoms with Crippen LogP contribution in [0.1, 0.15) is 0 Å². The first kappa shape index (κ1) is 8.36. The number of rotatable bonds is 4. The molecule has 2 atom stereocenters. The predicted octanol–water partition coefficient (Wildman–Crippen LogP) is 0.0118. The Labute approximate surface area is 53.9 Å². The molecule has 0 aliphatic heterocycles. The lowest BCUT2D eigenvalue weighted by Crippen LogP contribution is -2.17. The van der Waals surface area contributed by atoms with Crippen LogP contribution in [0.5, 0.6) is 0 Å². The second-order valence-electron chi connectivity index (χ2n) is 1.39. The van der Waals surface area contributed by atoms with Gasteiger partial charge in [-0.25, -0.2) is 0 Å². The molecule has 0 bridgehead atoms. The molecule has 9 heavy (non-hydrogen) atoms. The molecule has 52 valence electrons. The average Bonchev–Trinajstić information content (AvgIpc) is 1.87. The number of aliphatic hydroxyl groups excluding tert-OH is 2. The maximum Gasteiger partial charge on any atom is 0.177 e. The highest BCUT2D eigenvalue weighted by molar-refractivity contribution is 4.75. The molecule has 0 heterocycles. The number of aliphatic hydroxyl groups is 2. The van der Waals surface area contributed by atoms with E-state index in [0.717, 1.165) is 12.2 Å². The van der Waals surface area contributed by atoms with Crippen molar-refractivity contribution in [2.75, 3.05) is 0 Å². The Morgan fingerprint density at radius 1 is 1.11 bits per heavy atom. The van der Waals surface area contributed by atoms with Gasteiger partial charge in [-0.05, 0) is 12.2 Å². The zero-order valence-corrected chi connectivity index (χ0v) is 5.03. The fourth-order valence-corrected chi connectivity index (χ4v) is 0.254. The van der Waals surface area contributed by atoms with Crippen LogP contribution in [0, 0.1) is 0 Å². The third-order valence-corrected chi connectivity index (χ3v) is 0.682. The summed E-state index contributed by atoms with van der Waals surface area (Å²) >= 11 is 0. The monoisotopic (exact) mass is 130 g/mol. The van der Waals surface area contributed by atoms with E-state index in [4.69, 9.17) is 10.2 Å². The Balaban J connectivity index is 3.45. The van der Waals surface area contributed by atoms with Gasteiger partial charge in [0.05, 0.1) is 0 Å². The van der Waals surface area contributed by atoms with Gasteiger partial charge in [-0.3, -0.25) is 0 Å². The molecular weight excluding hydrogens is 120 g/mol. The van der Waals surface area contributed by atoms with Gasteiger partial charge in [0.2, 0.25) is 0 Å². The van der Waals surface area contributed by atoms with Crippen LogP contribution >= 0.6 is 0 Å². The average molecular weight is 130 g/mol. The lowest BCUT2D eigenvalue weighted by Gasteiger charge is -2.09. The van der Waals surface area contributed by atoms with Gasteiger partial charge < -0.3 is 14.9 Å². The van der Waals surface area contributed by atoms with Crippen LogP contribution < -0.4 is 0 Å². The van der Waals surface area contributed by atoms with Crippen molar-refractivity contribution < 1.29 is 14.9 Å². The summed E-state index contributed by atoms with van der Waals surface area (Å²) in [6.07, 6.45) is 0.0652. The number of hydrogen-bond donors (Lipinski definition) is 2. The summed E-state index contributed by atoms with van der Waals surface area (Å²) in [5, 5.41) is 17.2. The minimum atomic E-state index is -1.13. The maximum atomic E-state index is 8.61. The third-order valence-electron chi connectivity index (χ3n) is 0.682. The highest BCUT2D eigenvalue weighted by Gasteiger charge is 2.01. The Morgan fingerprint density at radius 3 is 1.67 bits per heavy atom. The van der Waals surface area contributed by atoms with Gasteiger partial charge in [0, 0.05) is 0 Å². The zero-order chi connectivity index (χ0) is 7.28. The van der Waals surface area contributed by atoms with Crippen LogP contribution in [-0.4, -0.2) is 22.8 Å². The maximum absolute atomic E-state index is 8.61. The van der Waals surface area contributed by atoms with Gasteiger partial charge >= 0.3 is 0 Å². The van der Waals surface area contributed by atoms with Gasteiger partial charge in [-0.15, -0.1) is 0 Å². The Morgan fingerprint density at radius 2 is 1.44 bits per heavy atom. The van der Waals surface area contributed by atoms with Crippen LogP contribution in [-0.2, 0) is 4.74 Å². The van der Waals surface area contributed by atoms with E-state index in [2.05, 4.69) is 17.9 Å². The van der Waals surface area contributed by atoms with Crippen molar-refractivity contribution >= 4 is 0 Å². The predicted molar refractivity (Wildman–Crippen MR) is 33.5 cm³/mol. The molecule has 3 heteroatoms. The Hall–Kier alpha value is -0.640. The number of ether oxygens (including phenoxy) is 1. The lowest BCUT2D eigenvalue weighted by atomic mass is 10.6. The van der Waals surface area contributed by atoms with E-state index in [1.165, 1.54) is 0 Å². The summed E-state index contributed by atoms with van der Waals surface area (Å²) in [6, 6.07) is 0. The molecule has 0 aromatic heterocycles. The van der Waals surface area contributed by atoms with Crippen LogP contribution in [0.15, 0.2) is 25.3 Å². The molecule has 0 aromatic rings. The summed E-state index contributed by atoms with van der Waals surface area (Å²) < 4.78 is 4.42. The second kappa shape index (κ2) is 4.26. The Bertz CT molecular complexity index is 88.5. The normalized spacial score (nSPS) is 16.2. The lowest BCUT2D eigenvalue weighted by molar-refractivity contribution is -0.163. The summed E-state index contributed by atoms with van der Waals surface area (Å²) in [7, 11) is 0. The van der Waals surface area contributed by atoms with Crippen LogP contribution in [0.3, 0.4) is 0 Å². The highest BCUT2D eigenvalue weighted by atomic mass is 16.7. The molecule has 0 aromatic carbocycles.